The van der Waals surface area contributed by atoms with Crippen LogP contribution in [0.3, 0.4) is 0 Å². The van der Waals surface area contributed by atoms with Gasteiger partial charge in [-0.3, -0.25) is 4.79 Å². The molecule has 0 heterocycles. The van der Waals surface area contributed by atoms with E-state index in [0.717, 1.165) is 38.5 Å². The van der Waals surface area contributed by atoms with Crippen molar-refractivity contribution in [3.63, 3.8) is 0 Å². The van der Waals surface area contributed by atoms with E-state index in [1.54, 1.807) is 13.6 Å². The monoisotopic (exact) mass is 407 g/mol. The van der Waals surface area contributed by atoms with Gasteiger partial charge in [0.15, 0.2) is 0 Å². The number of hydrogen-bond acceptors (Lipinski definition) is 4. The molecule has 0 bridgehead atoms. The Hall–Kier alpha value is -0.220. The zero-order valence-electron chi connectivity index (χ0n) is 18.7. The predicted octanol–water partition coefficient (Wildman–Crippen LogP) is 5.64. The van der Waals surface area contributed by atoms with Gasteiger partial charge >= 0.3 is 150 Å². The summed E-state index contributed by atoms with van der Waals surface area (Å²) < 4.78 is 1.91. The first-order valence-electron chi connectivity index (χ1n) is 10.9. The number of carbonyl (C=O) groups is 1. The van der Waals surface area contributed by atoms with Crippen molar-refractivity contribution in [1.82, 2.24) is 4.67 Å². The molecule has 0 aliphatic heterocycles. The molecule has 27 heavy (non-hydrogen) atoms. The van der Waals surface area contributed by atoms with Gasteiger partial charge in [-0.25, -0.2) is 0 Å². The second-order valence-corrected chi connectivity index (χ2v) is 13.2. The zero-order chi connectivity index (χ0) is 21.1. The third-order valence-corrected chi connectivity index (χ3v) is 8.89. The third kappa shape index (κ3) is 11.4. The topological polar surface area (TPSA) is 81.0 Å². The summed E-state index contributed by atoms with van der Waals surface area (Å²) >= 11 is 0. The third-order valence-electron chi connectivity index (χ3n) is 5.40. The number of carboxylic acids is 1. The zero-order valence-corrected chi connectivity index (χ0v) is 19.5. The van der Waals surface area contributed by atoms with Crippen molar-refractivity contribution in [3.05, 3.63) is 0 Å². The van der Waals surface area contributed by atoms with Crippen molar-refractivity contribution in [1.29, 1.82) is 0 Å². The van der Waals surface area contributed by atoms with Crippen molar-refractivity contribution in [3.8, 4) is 0 Å². The molecule has 0 aliphatic carbocycles. The SMILES string of the molecule is CC(CCCCCCCCCCCP(C)(O)(O)N(C(C)C)C(C)C)C(=O)O. The Morgan fingerprint density at radius 3 is 1.52 bits per heavy atom. The average Bonchev–Trinajstić information content (AvgIpc) is 2.50. The van der Waals surface area contributed by atoms with Gasteiger partial charge < -0.3 is 5.11 Å². The predicted molar refractivity (Wildman–Crippen MR) is 117 cm³/mol. The summed E-state index contributed by atoms with van der Waals surface area (Å²) in [6, 6.07) is 0.252. The van der Waals surface area contributed by atoms with Crippen LogP contribution in [0.2, 0.25) is 0 Å². The van der Waals surface area contributed by atoms with E-state index in [2.05, 4.69) is 0 Å². The minimum Gasteiger partial charge on any atom is -0.481 e. The standard InChI is InChI=1S/C21H46NO4P/c1-18(2)22(19(3)4)27(6,25,26)17-15-13-11-9-7-8-10-12-14-16-20(5)21(23)24/h18-20,25-26H,7-17H2,1-6H3,(H,23,24). The second kappa shape index (κ2) is 12.4. The molecule has 0 saturated heterocycles. The van der Waals surface area contributed by atoms with Gasteiger partial charge in [0.1, 0.15) is 0 Å². The molecule has 0 rings (SSSR count). The van der Waals surface area contributed by atoms with Crippen molar-refractivity contribution in [2.45, 2.75) is 111 Å². The summed E-state index contributed by atoms with van der Waals surface area (Å²) in [5, 5.41) is 8.84. The van der Waals surface area contributed by atoms with Crippen LogP contribution in [0, 0.1) is 5.92 Å². The van der Waals surface area contributed by atoms with Crippen LogP contribution in [0.4, 0.5) is 0 Å². The number of aliphatic carboxylic acids is 1. The first-order chi connectivity index (χ1) is 12.4. The second-order valence-electron chi connectivity index (χ2n) is 9.11. The number of rotatable bonds is 16. The number of unbranched alkanes of at least 4 members (excludes halogenated alkanes) is 8. The van der Waals surface area contributed by atoms with E-state index in [9.17, 15) is 14.6 Å². The van der Waals surface area contributed by atoms with Gasteiger partial charge in [-0.05, 0) is 0 Å². The van der Waals surface area contributed by atoms with Gasteiger partial charge in [-0.2, -0.15) is 0 Å². The largest absolute Gasteiger partial charge is 0.481 e. The van der Waals surface area contributed by atoms with E-state index in [0.29, 0.717) is 6.16 Å². The van der Waals surface area contributed by atoms with Crippen molar-refractivity contribution in [2.75, 3.05) is 12.8 Å². The van der Waals surface area contributed by atoms with Crippen LogP contribution in [-0.4, -0.2) is 50.4 Å². The van der Waals surface area contributed by atoms with Crippen molar-refractivity contribution >= 4 is 13.2 Å². The summed E-state index contributed by atoms with van der Waals surface area (Å²) in [5.41, 5.74) is 0. The normalized spacial score (nSPS) is 15.3. The maximum absolute atomic E-state index is 11.0. The Morgan fingerprint density at radius 2 is 1.15 bits per heavy atom. The van der Waals surface area contributed by atoms with Crippen LogP contribution < -0.4 is 0 Å². The molecule has 0 aromatic carbocycles. The Morgan fingerprint density at radius 1 is 0.778 bits per heavy atom. The molecule has 0 fully saturated rings. The summed E-state index contributed by atoms with van der Waals surface area (Å²) in [4.78, 5) is 32.6. The molecule has 5 nitrogen and oxygen atoms in total. The van der Waals surface area contributed by atoms with Gasteiger partial charge in [0, 0.05) is 0 Å². The van der Waals surface area contributed by atoms with E-state index >= 15 is 0 Å². The van der Waals surface area contributed by atoms with Gasteiger partial charge in [-0.1, -0.05) is 6.92 Å². The molecule has 0 radical (unpaired) electrons. The molecule has 1 unspecified atom stereocenters. The first kappa shape index (κ1) is 26.8. The quantitative estimate of drug-likeness (QED) is 0.228. The van der Waals surface area contributed by atoms with E-state index in [-0.39, 0.29) is 18.0 Å². The molecule has 164 valence electrons. The van der Waals surface area contributed by atoms with Crippen LogP contribution in [0.1, 0.15) is 98.8 Å². The van der Waals surface area contributed by atoms with Crippen molar-refractivity contribution < 1.29 is 19.7 Å². The summed E-state index contributed by atoms with van der Waals surface area (Å²) in [7, 11) is -3.75. The summed E-state index contributed by atoms with van der Waals surface area (Å²) in [6.45, 7) is 11.6. The molecule has 0 amide bonds. The fraction of sp³-hybridized carbons (Fsp3) is 0.952. The first-order valence-corrected chi connectivity index (χ1v) is 13.6. The molecule has 0 aliphatic rings. The molecule has 6 heteroatoms. The Bertz CT molecular complexity index is 410. The number of hydrogen-bond donors (Lipinski definition) is 3. The van der Waals surface area contributed by atoms with E-state index in [1.807, 2.05) is 32.4 Å². The molecule has 0 aromatic rings. The molecule has 1 atom stereocenters. The number of nitrogens with zero attached hydrogens (tertiary/aromatic N) is 1. The fourth-order valence-corrected chi connectivity index (χ4v) is 7.81. The van der Waals surface area contributed by atoms with E-state index in [1.165, 1.54) is 25.7 Å². The molecule has 0 aromatic heterocycles. The van der Waals surface area contributed by atoms with Gasteiger partial charge in [0.25, 0.3) is 0 Å². The molecule has 0 spiro atoms. The average molecular weight is 408 g/mol. The molecular weight excluding hydrogens is 361 g/mol. The van der Waals surface area contributed by atoms with E-state index in [4.69, 9.17) is 5.11 Å². The van der Waals surface area contributed by atoms with Gasteiger partial charge in [-0.15, -0.1) is 0 Å². The van der Waals surface area contributed by atoms with Crippen molar-refractivity contribution in [2.24, 2.45) is 5.92 Å². The Balaban J connectivity index is 3.83. The van der Waals surface area contributed by atoms with Gasteiger partial charge in [0.2, 0.25) is 0 Å². The molecule has 0 saturated carbocycles. The van der Waals surface area contributed by atoms with E-state index < -0.39 is 13.2 Å². The van der Waals surface area contributed by atoms with Crippen LogP contribution in [0.25, 0.3) is 0 Å². The minimum absolute atomic E-state index is 0.126. The van der Waals surface area contributed by atoms with Crippen LogP contribution in [-0.2, 0) is 4.79 Å². The van der Waals surface area contributed by atoms with Crippen LogP contribution >= 0.6 is 7.21 Å². The smallest absolute Gasteiger partial charge is 0.306 e. The Labute approximate surface area is 167 Å². The maximum atomic E-state index is 11.0. The maximum Gasteiger partial charge on any atom is 0.306 e. The summed E-state index contributed by atoms with van der Waals surface area (Å²) in [5.74, 6) is -0.908. The van der Waals surface area contributed by atoms with Gasteiger partial charge in [0.05, 0.1) is 0 Å². The van der Waals surface area contributed by atoms with Crippen LogP contribution in [0.5, 0.6) is 0 Å². The fourth-order valence-electron chi connectivity index (χ4n) is 4.21. The number of carboxylic acid groups (broad SMARTS) is 1. The van der Waals surface area contributed by atoms with Crippen LogP contribution in [0.15, 0.2) is 0 Å². The minimum atomic E-state index is -3.75. The Kier molecular flexibility index (Phi) is 12.3. The molecule has 3 N–H and O–H groups in total. The summed E-state index contributed by atoms with van der Waals surface area (Å²) in [6.07, 6.45) is 11.3. The molecular formula is C21H46NO4P.